The summed E-state index contributed by atoms with van der Waals surface area (Å²) in [6.45, 7) is 4.22. The Kier molecular flexibility index (Phi) is 5.73. The van der Waals surface area contributed by atoms with Gasteiger partial charge in [0.1, 0.15) is 12.0 Å². The molecule has 3 nitrogen and oxygen atoms in total. The van der Waals surface area contributed by atoms with Gasteiger partial charge < -0.3 is 14.8 Å². The van der Waals surface area contributed by atoms with Gasteiger partial charge in [-0.3, -0.25) is 0 Å². The summed E-state index contributed by atoms with van der Waals surface area (Å²) >= 11 is 0. The van der Waals surface area contributed by atoms with Crippen LogP contribution in [0.3, 0.4) is 0 Å². The van der Waals surface area contributed by atoms with E-state index in [0.29, 0.717) is 17.6 Å². The Balaban J connectivity index is 1.51. The topological polar surface area (TPSA) is 40.5 Å². The lowest BCUT2D eigenvalue weighted by molar-refractivity contribution is -0.111. The summed E-state index contributed by atoms with van der Waals surface area (Å²) < 4.78 is 0. The molecule has 164 valence electrons. The van der Waals surface area contributed by atoms with Crippen molar-refractivity contribution in [2.75, 3.05) is 18.0 Å². The van der Waals surface area contributed by atoms with Crippen LogP contribution in [0.2, 0.25) is 0 Å². The molecular formula is C29H31NO2. The molecule has 3 aromatic rings. The molecule has 0 spiro atoms. The lowest BCUT2D eigenvalue weighted by Gasteiger charge is -2.39. The molecule has 1 N–H and O–H groups in total. The molecular weight excluding hydrogens is 394 g/mol. The zero-order valence-electron chi connectivity index (χ0n) is 18.7. The number of aldehydes is 1. The van der Waals surface area contributed by atoms with Crippen molar-refractivity contribution in [2.45, 2.75) is 38.0 Å². The highest BCUT2D eigenvalue weighted by molar-refractivity contribution is 5.56. The van der Waals surface area contributed by atoms with E-state index in [9.17, 15) is 9.90 Å². The first kappa shape index (κ1) is 20.8. The third-order valence-electron chi connectivity index (χ3n) is 7.51. The third kappa shape index (κ3) is 3.92. The van der Waals surface area contributed by atoms with E-state index in [1.165, 1.54) is 27.9 Å². The van der Waals surface area contributed by atoms with E-state index in [1.807, 2.05) is 12.1 Å². The molecule has 32 heavy (non-hydrogen) atoms. The van der Waals surface area contributed by atoms with Crippen LogP contribution in [0.4, 0.5) is 5.69 Å². The number of carbonyl (C=O) groups excluding carboxylic acids is 1. The highest BCUT2D eigenvalue weighted by Gasteiger charge is 2.36. The average molecular weight is 426 g/mol. The van der Waals surface area contributed by atoms with E-state index in [2.05, 4.69) is 72.5 Å². The fourth-order valence-corrected chi connectivity index (χ4v) is 5.84. The molecule has 1 fully saturated rings. The Morgan fingerprint density at radius 1 is 0.906 bits per heavy atom. The average Bonchev–Trinajstić information content (AvgIpc) is 2.84. The normalized spacial score (nSPS) is 23.5. The highest BCUT2D eigenvalue weighted by atomic mass is 16.3. The van der Waals surface area contributed by atoms with Gasteiger partial charge in [-0.1, -0.05) is 55.5 Å². The van der Waals surface area contributed by atoms with Crippen LogP contribution in [0.1, 0.15) is 53.9 Å². The maximum atomic E-state index is 11.1. The minimum atomic E-state index is 0.216. The molecule has 0 saturated carbocycles. The maximum absolute atomic E-state index is 11.1. The number of phenolic OH excluding ortho intramolecular Hbond substituents is 1. The number of hydrogen-bond acceptors (Lipinski definition) is 3. The fraction of sp³-hybridized carbons (Fsp3) is 0.345. The minimum Gasteiger partial charge on any atom is -0.508 e. The number of hydrogen-bond donors (Lipinski definition) is 1. The summed E-state index contributed by atoms with van der Waals surface area (Å²) in [6.07, 6.45) is 3.98. The van der Waals surface area contributed by atoms with Gasteiger partial charge in [-0.25, -0.2) is 0 Å². The first-order chi connectivity index (χ1) is 15.6. The van der Waals surface area contributed by atoms with E-state index in [4.69, 9.17) is 0 Å². The zero-order valence-corrected chi connectivity index (χ0v) is 18.7. The van der Waals surface area contributed by atoms with Gasteiger partial charge in [0.25, 0.3) is 0 Å². The predicted molar refractivity (Wildman–Crippen MR) is 129 cm³/mol. The molecule has 1 aliphatic heterocycles. The molecule has 0 radical (unpaired) electrons. The van der Waals surface area contributed by atoms with Crippen molar-refractivity contribution >= 4 is 12.0 Å². The Morgan fingerprint density at radius 2 is 1.62 bits per heavy atom. The molecule has 0 amide bonds. The van der Waals surface area contributed by atoms with Crippen LogP contribution in [0, 0.1) is 11.8 Å². The van der Waals surface area contributed by atoms with Crippen molar-refractivity contribution in [1.82, 2.24) is 0 Å². The van der Waals surface area contributed by atoms with E-state index in [1.54, 1.807) is 0 Å². The molecule has 1 saturated heterocycles. The van der Waals surface area contributed by atoms with Gasteiger partial charge in [-0.05, 0) is 77.6 Å². The molecule has 2 aliphatic rings. The summed E-state index contributed by atoms with van der Waals surface area (Å²) in [4.78, 5) is 13.5. The summed E-state index contributed by atoms with van der Waals surface area (Å²) in [5, 5.41) is 10.1. The Bertz CT molecular complexity index is 1070. The van der Waals surface area contributed by atoms with Crippen molar-refractivity contribution < 1.29 is 9.90 Å². The lowest BCUT2D eigenvalue weighted by atomic mass is 9.64. The number of rotatable bonds is 4. The van der Waals surface area contributed by atoms with Gasteiger partial charge in [-0.15, -0.1) is 0 Å². The van der Waals surface area contributed by atoms with Crippen molar-refractivity contribution in [2.24, 2.45) is 11.8 Å². The fourth-order valence-electron chi connectivity index (χ4n) is 5.84. The SMILES string of the molecule is C[C@@H]1Cc2cc(O)ccc2[C@@H](c2ccc(N3CCC(C=O)CC3)cc2)[C@H]1c1ccccc1. The number of fused-ring (bicyclic) bond motifs is 1. The van der Waals surface area contributed by atoms with Crippen LogP contribution in [-0.4, -0.2) is 24.5 Å². The number of piperidine rings is 1. The number of aromatic hydroxyl groups is 1. The Morgan fingerprint density at radius 3 is 2.31 bits per heavy atom. The molecule has 5 rings (SSSR count). The zero-order chi connectivity index (χ0) is 22.1. The van der Waals surface area contributed by atoms with Crippen LogP contribution >= 0.6 is 0 Å². The smallest absolute Gasteiger partial charge is 0.123 e. The molecule has 0 bridgehead atoms. The minimum absolute atomic E-state index is 0.216. The molecule has 1 heterocycles. The number of phenols is 1. The van der Waals surface area contributed by atoms with Crippen LogP contribution in [0.5, 0.6) is 5.75 Å². The van der Waals surface area contributed by atoms with Crippen molar-refractivity contribution in [3.63, 3.8) is 0 Å². The first-order valence-corrected chi connectivity index (χ1v) is 11.8. The van der Waals surface area contributed by atoms with Gasteiger partial charge in [0.05, 0.1) is 0 Å². The standard InChI is InChI=1S/C29H31NO2/c1-20-17-24-18-26(32)11-12-27(24)29(28(20)22-5-3-2-4-6-22)23-7-9-25(10-8-23)30-15-13-21(19-31)14-16-30/h2-12,18-21,28-29,32H,13-17H2,1H3/t20-,28-,29-/m1/s1. The van der Waals surface area contributed by atoms with E-state index >= 15 is 0 Å². The first-order valence-electron chi connectivity index (χ1n) is 11.8. The number of nitrogens with zero attached hydrogens (tertiary/aromatic N) is 1. The number of benzene rings is 3. The molecule has 3 atom stereocenters. The second kappa shape index (κ2) is 8.82. The van der Waals surface area contributed by atoms with Crippen LogP contribution in [0.15, 0.2) is 72.8 Å². The highest BCUT2D eigenvalue weighted by Crippen LogP contribution is 2.49. The molecule has 3 heteroatoms. The van der Waals surface area contributed by atoms with Crippen LogP contribution < -0.4 is 4.90 Å². The van der Waals surface area contributed by atoms with E-state index in [-0.39, 0.29) is 11.8 Å². The van der Waals surface area contributed by atoms with Crippen molar-refractivity contribution in [3.8, 4) is 5.75 Å². The van der Waals surface area contributed by atoms with Crippen molar-refractivity contribution in [3.05, 3.63) is 95.1 Å². The largest absolute Gasteiger partial charge is 0.508 e. The number of carbonyl (C=O) groups is 1. The quantitative estimate of drug-likeness (QED) is 0.528. The van der Waals surface area contributed by atoms with Gasteiger partial charge in [-0.2, -0.15) is 0 Å². The van der Waals surface area contributed by atoms with E-state index < -0.39 is 0 Å². The van der Waals surface area contributed by atoms with Gasteiger partial charge in [0, 0.05) is 30.6 Å². The second-order valence-corrected chi connectivity index (χ2v) is 9.53. The monoisotopic (exact) mass is 425 g/mol. The summed E-state index contributed by atoms with van der Waals surface area (Å²) in [6, 6.07) is 25.8. The Labute approximate surface area is 190 Å². The second-order valence-electron chi connectivity index (χ2n) is 9.53. The third-order valence-corrected chi connectivity index (χ3v) is 7.51. The van der Waals surface area contributed by atoms with Gasteiger partial charge >= 0.3 is 0 Å². The van der Waals surface area contributed by atoms with Gasteiger partial charge in [0.15, 0.2) is 0 Å². The Hall–Kier alpha value is -3.07. The molecule has 0 unspecified atom stereocenters. The predicted octanol–water partition coefficient (Wildman–Crippen LogP) is 5.92. The summed E-state index contributed by atoms with van der Waals surface area (Å²) in [7, 11) is 0. The lowest BCUT2D eigenvalue weighted by Crippen LogP contribution is -2.34. The van der Waals surface area contributed by atoms with E-state index in [0.717, 1.165) is 38.6 Å². The number of anilines is 1. The van der Waals surface area contributed by atoms with Crippen molar-refractivity contribution in [1.29, 1.82) is 0 Å². The summed E-state index contributed by atoms with van der Waals surface area (Å²) in [5.74, 6) is 1.68. The van der Waals surface area contributed by atoms with Gasteiger partial charge in [0.2, 0.25) is 0 Å². The molecule has 3 aromatic carbocycles. The molecule has 1 aliphatic carbocycles. The van der Waals surface area contributed by atoms with Crippen LogP contribution in [0.25, 0.3) is 0 Å². The summed E-state index contributed by atoms with van der Waals surface area (Å²) in [5.41, 5.74) is 6.53. The molecule has 0 aromatic heterocycles. The van der Waals surface area contributed by atoms with Crippen LogP contribution in [-0.2, 0) is 11.2 Å². The maximum Gasteiger partial charge on any atom is 0.123 e.